The van der Waals surface area contributed by atoms with Crippen LogP contribution in [0.4, 0.5) is 0 Å². The Bertz CT molecular complexity index is 55.1. The van der Waals surface area contributed by atoms with E-state index in [1.165, 1.54) is 5.34 Å². The van der Waals surface area contributed by atoms with Crippen LogP contribution in [0.25, 0.3) is 0 Å². The highest BCUT2D eigenvalue weighted by molar-refractivity contribution is 7.73. The van der Waals surface area contributed by atoms with Gasteiger partial charge in [-0.2, -0.15) is 4.21 Å². The van der Waals surface area contributed by atoms with Crippen molar-refractivity contribution in [2.24, 2.45) is 5.34 Å². The lowest BCUT2D eigenvalue weighted by atomic mass is 13.4. The Labute approximate surface area is 41.2 Å². The fraction of sp³-hybridized carbons (Fsp3) is 0. The predicted molar refractivity (Wildman–Crippen MR) is 21.0 cm³/mol. The Morgan fingerprint density at radius 3 is 1.43 bits per heavy atom. The molecule has 0 spiro atoms. The van der Waals surface area contributed by atoms with Crippen molar-refractivity contribution < 1.29 is 18.5 Å². The highest BCUT2D eigenvalue weighted by Gasteiger charge is 1.62. The maximum atomic E-state index is 8.67. The van der Waals surface area contributed by atoms with Crippen molar-refractivity contribution in [3.63, 3.8) is 0 Å². The lowest BCUT2D eigenvalue weighted by Gasteiger charge is -1.59. The second-order valence-corrected chi connectivity index (χ2v) is 0.774. The molecule has 0 rings (SSSR count). The van der Waals surface area contributed by atoms with E-state index in [1.807, 2.05) is 0 Å². The van der Waals surface area contributed by atoms with Crippen molar-refractivity contribution in [1.82, 2.24) is 0 Å². The van der Waals surface area contributed by atoms with Crippen molar-refractivity contribution in [3.05, 3.63) is 4.91 Å². The summed E-state index contributed by atoms with van der Waals surface area (Å²) in [7, 11) is 0. The second kappa shape index (κ2) is 9.08. The van der Waals surface area contributed by atoms with Crippen molar-refractivity contribution in [2.75, 3.05) is 0 Å². The van der Waals surface area contributed by atoms with Crippen LogP contribution in [-0.4, -0.2) is 18.5 Å². The summed E-state index contributed by atoms with van der Waals surface area (Å²) in [5.41, 5.74) is 0. The molecule has 0 atom stereocenters. The minimum absolute atomic E-state index is 1.25. The van der Waals surface area contributed by atoms with E-state index in [0.717, 1.165) is 0 Å². The van der Waals surface area contributed by atoms with E-state index in [0.29, 0.717) is 0 Å². The van der Waals surface area contributed by atoms with Gasteiger partial charge in [0, 0.05) is 0 Å². The van der Waals surface area contributed by atoms with Gasteiger partial charge >= 0.3 is 0 Å². The topological polar surface area (TPSA) is 107 Å². The first-order chi connectivity index (χ1) is 3.15. The molecule has 7 heavy (non-hydrogen) atoms. The second-order valence-electron chi connectivity index (χ2n) is 0.312. The van der Waals surface area contributed by atoms with E-state index < -0.39 is 11.4 Å². The molecule has 0 aliphatic carbocycles. The highest BCUT2D eigenvalue weighted by atomic mass is 32.2. The van der Waals surface area contributed by atoms with E-state index >= 15 is 0 Å². The molecular formula is H3NO5S. The van der Waals surface area contributed by atoms with E-state index in [9.17, 15) is 0 Å². The molecule has 0 aromatic carbocycles. The van der Waals surface area contributed by atoms with Crippen LogP contribution in [0.3, 0.4) is 0 Å². The fourth-order valence-electron chi connectivity index (χ4n) is 0. The first-order valence-corrected chi connectivity index (χ1v) is 1.98. The molecule has 0 aliphatic rings. The summed E-state index contributed by atoms with van der Waals surface area (Å²) in [6, 6.07) is 0. The largest absolute Gasteiger partial charge is 0.379 e. The van der Waals surface area contributed by atoms with E-state index in [1.54, 1.807) is 0 Å². The van der Waals surface area contributed by atoms with Crippen LogP contribution >= 0.6 is 0 Å². The Kier molecular flexibility index (Phi) is 12.6. The first-order valence-electron chi connectivity index (χ1n) is 0.914. The molecule has 7 heteroatoms. The summed E-state index contributed by atoms with van der Waals surface area (Å²) >= 11 is -2.61. The molecule has 0 fully saturated rings. The lowest BCUT2D eigenvalue weighted by molar-refractivity contribution is 0.312. The Morgan fingerprint density at radius 1 is 1.43 bits per heavy atom. The summed E-state index contributed by atoms with van der Waals surface area (Å²) < 4.78 is 22.8. The molecule has 0 unspecified atom stereocenters. The Balaban J connectivity index is 0. The maximum absolute atomic E-state index is 8.67. The molecular weight excluding hydrogens is 126 g/mol. The Morgan fingerprint density at radius 2 is 1.43 bits per heavy atom. The number of nitrogens with zero attached hydrogens (tertiary/aromatic N) is 1. The van der Waals surface area contributed by atoms with Gasteiger partial charge in [-0.05, 0) is 0 Å². The molecule has 0 heterocycles. The summed E-state index contributed by atoms with van der Waals surface area (Å²) in [6.45, 7) is 0. The third-order valence-electron chi connectivity index (χ3n) is 0. The fourth-order valence-corrected chi connectivity index (χ4v) is 0. The van der Waals surface area contributed by atoms with Gasteiger partial charge in [-0.1, -0.05) is 0 Å². The van der Waals surface area contributed by atoms with Gasteiger partial charge in [-0.15, -0.1) is 4.91 Å². The summed E-state index contributed by atoms with van der Waals surface area (Å²) in [4.78, 5) is 8.11. The van der Waals surface area contributed by atoms with Gasteiger partial charge < -0.3 is 5.21 Å². The van der Waals surface area contributed by atoms with E-state index in [4.69, 9.17) is 23.4 Å². The first kappa shape index (κ1) is 9.69. The van der Waals surface area contributed by atoms with E-state index in [2.05, 4.69) is 0 Å². The van der Waals surface area contributed by atoms with Gasteiger partial charge in [0.2, 0.25) is 0 Å². The molecule has 0 aliphatic heterocycles. The van der Waals surface area contributed by atoms with Crippen LogP contribution in [0.5, 0.6) is 0 Å². The molecule has 0 saturated heterocycles. The Hall–Kier alpha value is -0.530. The molecule has 0 aromatic heterocycles. The van der Waals surface area contributed by atoms with Gasteiger partial charge in [-0.3, -0.25) is 9.11 Å². The van der Waals surface area contributed by atoms with Crippen LogP contribution in [-0.2, 0) is 11.4 Å². The minimum Gasteiger partial charge on any atom is -0.379 e. The molecule has 0 bridgehead atoms. The smallest absolute Gasteiger partial charge is 0.299 e. The minimum atomic E-state index is -2.61. The summed E-state index contributed by atoms with van der Waals surface area (Å²) in [5, 5.41) is 7.89. The average molecular weight is 129 g/mol. The molecule has 6 nitrogen and oxygen atoms in total. The highest BCUT2D eigenvalue weighted by Crippen LogP contribution is 1.44. The van der Waals surface area contributed by atoms with Crippen molar-refractivity contribution in [1.29, 1.82) is 0 Å². The normalized spacial score (nSPS) is 6.71. The van der Waals surface area contributed by atoms with Gasteiger partial charge in [0.1, 0.15) is 0 Å². The van der Waals surface area contributed by atoms with Crippen LogP contribution in [0, 0.1) is 4.91 Å². The quantitative estimate of drug-likeness (QED) is 0.239. The van der Waals surface area contributed by atoms with Gasteiger partial charge in [0.15, 0.2) is 5.34 Å². The molecule has 0 amide bonds. The van der Waals surface area contributed by atoms with Gasteiger partial charge in [0.25, 0.3) is 11.4 Å². The van der Waals surface area contributed by atoms with Crippen molar-refractivity contribution in [2.45, 2.75) is 0 Å². The van der Waals surface area contributed by atoms with Crippen molar-refractivity contribution >= 4 is 11.4 Å². The van der Waals surface area contributed by atoms with Gasteiger partial charge in [0.05, 0.1) is 0 Å². The van der Waals surface area contributed by atoms with Crippen LogP contribution in [0.1, 0.15) is 0 Å². The molecule has 0 saturated carbocycles. The summed E-state index contributed by atoms with van der Waals surface area (Å²) in [6.07, 6.45) is 0. The predicted octanol–water partition coefficient (Wildman–Crippen LogP) is -0.177. The standard InChI is InChI=1S/HNO2.H2O3S/c2-1-3;1-4(2)3/h(H,2,3);(H2,1,2,3). The number of rotatable bonds is 0. The monoisotopic (exact) mass is 129 g/mol. The zero-order chi connectivity index (χ0) is 6.28. The van der Waals surface area contributed by atoms with Crippen LogP contribution in [0.2, 0.25) is 0 Å². The summed E-state index contributed by atoms with van der Waals surface area (Å²) in [5.74, 6) is 0. The molecule has 44 valence electrons. The zero-order valence-corrected chi connectivity index (χ0v) is 3.83. The van der Waals surface area contributed by atoms with Crippen LogP contribution in [0.15, 0.2) is 5.34 Å². The molecule has 3 N–H and O–H groups in total. The lowest BCUT2D eigenvalue weighted by Crippen LogP contribution is -1.74. The molecule has 0 aromatic rings. The van der Waals surface area contributed by atoms with Crippen LogP contribution < -0.4 is 0 Å². The zero-order valence-electron chi connectivity index (χ0n) is 3.01. The average Bonchev–Trinajstić information content (AvgIpc) is 1.33. The number of hydrogen-bond donors (Lipinski definition) is 3. The number of hydrogen-bond acceptors (Lipinski definition) is 3. The van der Waals surface area contributed by atoms with E-state index in [-0.39, 0.29) is 0 Å². The van der Waals surface area contributed by atoms with Crippen molar-refractivity contribution in [3.8, 4) is 0 Å². The maximum Gasteiger partial charge on any atom is 0.299 e. The molecule has 0 radical (unpaired) electrons. The SMILES string of the molecule is O=NO.O=S(O)O. The van der Waals surface area contributed by atoms with Gasteiger partial charge in [-0.25, -0.2) is 0 Å². The third-order valence-corrected chi connectivity index (χ3v) is 0. The third kappa shape index (κ3) is 234.